The molecule has 0 atom stereocenters. The van der Waals surface area contributed by atoms with Crippen LogP contribution in [0.4, 0.5) is 0 Å². The Kier molecular flexibility index (Phi) is 7.36. The predicted molar refractivity (Wildman–Crippen MR) is 92.7 cm³/mol. The van der Waals surface area contributed by atoms with Crippen LogP contribution in [-0.4, -0.2) is 68.1 Å². The minimum atomic E-state index is 0.138. The number of ether oxygens (including phenoxy) is 1. The molecule has 0 bridgehead atoms. The monoisotopic (exact) mass is 319 g/mol. The Morgan fingerprint density at radius 1 is 1.13 bits per heavy atom. The summed E-state index contributed by atoms with van der Waals surface area (Å²) in [7, 11) is 0. The van der Waals surface area contributed by atoms with E-state index in [0.29, 0.717) is 19.1 Å². The third-order valence-electron chi connectivity index (χ3n) is 3.96. The van der Waals surface area contributed by atoms with E-state index in [0.717, 1.165) is 45.0 Å². The smallest absolute Gasteiger partial charge is 0.234 e. The van der Waals surface area contributed by atoms with Crippen LogP contribution in [0, 0.1) is 5.92 Å². The number of piperazine rings is 1. The van der Waals surface area contributed by atoms with Crippen LogP contribution in [0.1, 0.15) is 13.8 Å². The molecule has 23 heavy (non-hydrogen) atoms. The Bertz CT molecular complexity index is 457. The normalized spacial score (nSPS) is 16.5. The van der Waals surface area contributed by atoms with E-state index < -0.39 is 0 Å². The van der Waals surface area contributed by atoms with E-state index in [2.05, 4.69) is 29.0 Å². The largest absolute Gasteiger partial charge is 0.492 e. The molecule has 1 aromatic carbocycles. The van der Waals surface area contributed by atoms with Gasteiger partial charge in [0.1, 0.15) is 12.4 Å². The summed E-state index contributed by atoms with van der Waals surface area (Å²) in [5.74, 6) is 1.56. The van der Waals surface area contributed by atoms with Crippen molar-refractivity contribution in [3.05, 3.63) is 30.3 Å². The van der Waals surface area contributed by atoms with Crippen LogP contribution in [0.25, 0.3) is 0 Å². The third-order valence-corrected chi connectivity index (χ3v) is 3.96. The van der Waals surface area contributed by atoms with Gasteiger partial charge in [-0.25, -0.2) is 0 Å². The molecule has 1 aliphatic heterocycles. The lowest BCUT2D eigenvalue weighted by atomic mass is 10.2. The molecular formula is C18H29N3O2. The number of carbonyl (C=O) groups is 1. The van der Waals surface area contributed by atoms with Crippen molar-refractivity contribution in [2.45, 2.75) is 13.8 Å². The molecule has 0 radical (unpaired) electrons. The van der Waals surface area contributed by atoms with Crippen molar-refractivity contribution in [1.82, 2.24) is 15.1 Å². The lowest BCUT2D eigenvalue weighted by Gasteiger charge is -2.34. The molecule has 1 N–H and O–H groups in total. The molecule has 0 saturated carbocycles. The van der Waals surface area contributed by atoms with Crippen LogP contribution in [0.5, 0.6) is 5.75 Å². The molecule has 1 saturated heterocycles. The van der Waals surface area contributed by atoms with Gasteiger partial charge >= 0.3 is 0 Å². The number of para-hydroxylation sites is 1. The predicted octanol–water partition coefficient (Wildman–Crippen LogP) is 1.46. The first-order chi connectivity index (χ1) is 11.1. The first kappa shape index (κ1) is 17.8. The molecular weight excluding hydrogens is 290 g/mol. The van der Waals surface area contributed by atoms with Crippen molar-refractivity contribution in [2.24, 2.45) is 5.92 Å². The molecule has 1 aromatic rings. The van der Waals surface area contributed by atoms with E-state index in [1.165, 1.54) is 0 Å². The van der Waals surface area contributed by atoms with Crippen molar-refractivity contribution in [2.75, 3.05) is 52.4 Å². The van der Waals surface area contributed by atoms with E-state index in [1.807, 2.05) is 30.3 Å². The van der Waals surface area contributed by atoms with Gasteiger partial charge in [-0.05, 0) is 18.1 Å². The van der Waals surface area contributed by atoms with Gasteiger partial charge in [0.2, 0.25) is 5.91 Å². The van der Waals surface area contributed by atoms with Crippen molar-refractivity contribution >= 4 is 5.91 Å². The molecule has 0 unspecified atom stereocenters. The number of carbonyl (C=O) groups excluding carboxylic acids is 1. The summed E-state index contributed by atoms with van der Waals surface area (Å²) in [6, 6.07) is 9.92. The third kappa shape index (κ3) is 7.01. The van der Waals surface area contributed by atoms with Gasteiger partial charge in [0.15, 0.2) is 0 Å². The van der Waals surface area contributed by atoms with E-state index >= 15 is 0 Å². The maximum absolute atomic E-state index is 11.8. The number of benzene rings is 1. The number of hydrogen-bond donors (Lipinski definition) is 1. The molecule has 0 aliphatic carbocycles. The van der Waals surface area contributed by atoms with E-state index in [-0.39, 0.29) is 5.91 Å². The number of nitrogens with zero attached hydrogens (tertiary/aromatic N) is 2. The van der Waals surface area contributed by atoms with E-state index in [9.17, 15) is 4.79 Å². The first-order valence-electron chi connectivity index (χ1n) is 8.53. The topological polar surface area (TPSA) is 44.8 Å². The average Bonchev–Trinajstić information content (AvgIpc) is 2.56. The number of nitrogens with one attached hydrogen (secondary N) is 1. The van der Waals surface area contributed by atoms with Crippen LogP contribution < -0.4 is 10.1 Å². The Balaban J connectivity index is 1.57. The highest BCUT2D eigenvalue weighted by atomic mass is 16.5. The summed E-state index contributed by atoms with van der Waals surface area (Å²) in [4.78, 5) is 16.5. The van der Waals surface area contributed by atoms with Gasteiger partial charge in [0.05, 0.1) is 6.54 Å². The lowest BCUT2D eigenvalue weighted by molar-refractivity contribution is -0.122. The summed E-state index contributed by atoms with van der Waals surface area (Å²) in [6.07, 6.45) is 0. The van der Waals surface area contributed by atoms with Gasteiger partial charge in [0.25, 0.3) is 0 Å². The Morgan fingerprint density at radius 2 is 1.78 bits per heavy atom. The molecule has 5 heteroatoms. The van der Waals surface area contributed by atoms with Crippen LogP contribution in [0.3, 0.4) is 0 Å². The molecule has 1 amide bonds. The molecule has 128 valence electrons. The Labute approximate surface area is 139 Å². The molecule has 2 rings (SSSR count). The molecule has 5 nitrogen and oxygen atoms in total. The summed E-state index contributed by atoms with van der Waals surface area (Å²) in [6.45, 7) is 11.0. The van der Waals surface area contributed by atoms with Crippen molar-refractivity contribution in [1.29, 1.82) is 0 Å². The summed E-state index contributed by atoms with van der Waals surface area (Å²) < 4.78 is 5.74. The van der Waals surface area contributed by atoms with Crippen molar-refractivity contribution < 1.29 is 9.53 Å². The standard InChI is InChI=1S/C18H29N3O2/c1-16(2)14-19-18(22)15-21-10-8-20(9-11-21)12-13-23-17-6-4-3-5-7-17/h3-7,16H,8-15H2,1-2H3,(H,19,22). The lowest BCUT2D eigenvalue weighted by Crippen LogP contribution is -2.50. The second kappa shape index (κ2) is 9.53. The van der Waals surface area contributed by atoms with Crippen molar-refractivity contribution in [3.8, 4) is 5.75 Å². The number of amides is 1. The zero-order valence-electron chi connectivity index (χ0n) is 14.3. The highest BCUT2D eigenvalue weighted by Gasteiger charge is 2.18. The van der Waals surface area contributed by atoms with Crippen LogP contribution in [0.2, 0.25) is 0 Å². The van der Waals surface area contributed by atoms with Gasteiger partial charge in [0, 0.05) is 39.3 Å². The number of rotatable bonds is 8. The molecule has 1 aliphatic rings. The Morgan fingerprint density at radius 3 is 2.43 bits per heavy atom. The van der Waals surface area contributed by atoms with Gasteiger partial charge in [-0.15, -0.1) is 0 Å². The van der Waals surface area contributed by atoms with Crippen molar-refractivity contribution in [3.63, 3.8) is 0 Å². The molecule has 0 aromatic heterocycles. The summed E-state index contributed by atoms with van der Waals surface area (Å²) in [5, 5.41) is 2.98. The second-order valence-electron chi connectivity index (χ2n) is 6.48. The maximum Gasteiger partial charge on any atom is 0.234 e. The van der Waals surface area contributed by atoms with Crippen LogP contribution in [0.15, 0.2) is 30.3 Å². The quantitative estimate of drug-likeness (QED) is 0.788. The van der Waals surface area contributed by atoms with Gasteiger partial charge < -0.3 is 10.1 Å². The molecule has 1 heterocycles. The van der Waals surface area contributed by atoms with Crippen LogP contribution >= 0.6 is 0 Å². The SMILES string of the molecule is CC(C)CNC(=O)CN1CCN(CCOc2ccccc2)CC1. The minimum absolute atomic E-state index is 0.138. The minimum Gasteiger partial charge on any atom is -0.492 e. The van der Waals surface area contributed by atoms with Crippen LogP contribution in [-0.2, 0) is 4.79 Å². The summed E-state index contributed by atoms with van der Waals surface area (Å²) >= 11 is 0. The highest BCUT2D eigenvalue weighted by molar-refractivity contribution is 5.78. The maximum atomic E-state index is 11.8. The van der Waals surface area contributed by atoms with Gasteiger partial charge in [-0.3, -0.25) is 14.6 Å². The fourth-order valence-electron chi connectivity index (χ4n) is 2.56. The fourth-order valence-corrected chi connectivity index (χ4v) is 2.56. The Hall–Kier alpha value is -1.59. The van der Waals surface area contributed by atoms with Gasteiger partial charge in [-0.2, -0.15) is 0 Å². The number of hydrogen-bond acceptors (Lipinski definition) is 4. The highest BCUT2D eigenvalue weighted by Crippen LogP contribution is 2.08. The molecule has 0 spiro atoms. The van der Waals surface area contributed by atoms with E-state index in [4.69, 9.17) is 4.74 Å². The van der Waals surface area contributed by atoms with E-state index in [1.54, 1.807) is 0 Å². The zero-order valence-corrected chi connectivity index (χ0v) is 14.3. The van der Waals surface area contributed by atoms with Gasteiger partial charge in [-0.1, -0.05) is 32.0 Å². The molecule has 1 fully saturated rings. The summed E-state index contributed by atoms with van der Waals surface area (Å²) in [5.41, 5.74) is 0. The zero-order chi connectivity index (χ0) is 16.5. The average molecular weight is 319 g/mol. The second-order valence-corrected chi connectivity index (χ2v) is 6.48. The first-order valence-corrected chi connectivity index (χ1v) is 8.53. The fraction of sp³-hybridized carbons (Fsp3) is 0.611.